The van der Waals surface area contributed by atoms with Crippen LogP contribution in [0, 0.1) is 6.92 Å². The predicted molar refractivity (Wildman–Crippen MR) is 125 cm³/mol. The molecule has 4 aromatic rings. The lowest BCUT2D eigenvalue weighted by Gasteiger charge is -2.11. The van der Waals surface area contributed by atoms with Crippen molar-refractivity contribution < 1.29 is 4.79 Å². The van der Waals surface area contributed by atoms with E-state index in [4.69, 9.17) is 0 Å². The highest BCUT2D eigenvalue weighted by atomic mass is 16.2. The number of carbonyl (C=O) groups is 1. The molecule has 2 aromatic heterocycles. The van der Waals surface area contributed by atoms with Gasteiger partial charge in [-0.05, 0) is 50.2 Å². The van der Waals surface area contributed by atoms with Crippen LogP contribution in [0.3, 0.4) is 0 Å². The molecule has 0 saturated heterocycles. The van der Waals surface area contributed by atoms with Crippen molar-refractivity contribution >= 4 is 40.0 Å². The van der Waals surface area contributed by atoms with E-state index in [2.05, 4.69) is 30.9 Å². The van der Waals surface area contributed by atoms with E-state index in [-0.39, 0.29) is 18.0 Å². The highest BCUT2D eigenvalue weighted by Gasteiger charge is 2.09. The molecule has 32 heavy (non-hydrogen) atoms. The smallest absolute Gasteiger partial charge is 0.261 e. The van der Waals surface area contributed by atoms with Crippen LogP contribution in [-0.4, -0.2) is 32.0 Å². The molecule has 0 atom stereocenters. The fourth-order valence-electron chi connectivity index (χ4n) is 3.23. The van der Waals surface area contributed by atoms with E-state index in [0.29, 0.717) is 28.4 Å². The van der Waals surface area contributed by atoms with Crippen molar-refractivity contribution in [2.24, 2.45) is 0 Å². The van der Waals surface area contributed by atoms with Gasteiger partial charge in [-0.3, -0.25) is 14.2 Å². The zero-order chi connectivity index (χ0) is 22.5. The molecular weight excluding hydrogens is 406 g/mol. The molecule has 0 bridgehead atoms. The Hall–Kier alpha value is -4.27. The Morgan fingerprint density at radius 2 is 1.78 bits per heavy atom. The number of aryl methyl sites for hydroxylation is 1. The quantitative estimate of drug-likeness (QED) is 0.413. The molecule has 9 heteroatoms. The average molecular weight is 429 g/mol. The van der Waals surface area contributed by atoms with E-state index in [0.717, 1.165) is 17.9 Å². The van der Waals surface area contributed by atoms with Crippen molar-refractivity contribution in [2.75, 3.05) is 22.5 Å². The molecule has 3 N–H and O–H groups in total. The lowest BCUT2D eigenvalue weighted by molar-refractivity contribution is -0.116. The number of hydrogen-bond acceptors (Lipinski definition) is 7. The van der Waals surface area contributed by atoms with Gasteiger partial charge in [0.1, 0.15) is 12.4 Å². The van der Waals surface area contributed by atoms with Crippen LogP contribution in [0.15, 0.2) is 65.7 Å². The number of nitrogens with zero attached hydrogens (tertiary/aromatic N) is 4. The molecule has 2 heterocycles. The summed E-state index contributed by atoms with van der Waals surface area (Å²) < 4.78 is 1.30. The molecule has 4 rings (SSSR count). The maximum atomic E-state index is 12.5. The van der Waals surface area contributed by atoms with Gasteiger partial charge in [0, 0.05) is 29.7 Å². The molecule has 0 aliphatic heterocycles. The van der Waals surface area contributed by atoms with Gasteiger partial charge in [0.2, 0.25) is 11.9 Å². The number of para-hydroxylation sites is 1. The summed E-state index contributed by atoms with van der Waals surface area (Å²) in [6, 6.07) is 16.1. The Balaban J connectivity index is 1.41. The van der Waals surface area contributed by atoms with Gasteiger partial charge in [-0.15, -0.1) is 0 Å². The fraction of sp³-hybridized carbons (Fsp3) is 0.174. The van der Waals surface area contributed by atoms with Crippen LogP contribution >= 0.6 is 0 Å². The molecule has 0 unspecified atom stereocenters. The minimum absolute atomic E-state index is 0.121. The number of anilines is 4. The van der Waals surface area contributed by atoms with Crippen molar-refractivity contribution in [1.82, 2.24) is 19.5 Å². The van der Waals surface area contributed by atoms with E-state index in [9.17, 15) is 9.59 Å². The second kappa shape index (κ2) is 9.25. The minimum atomic E-state index is -0.313. The maximum absolute atomic E-state index is 12.5. The first kappa shape index (κ1) is 21.0. The van der Waals surface area contributed by atoms with Gasteiger partial charge < -0.3 is 16.0 Å². The molecule has 0 fully saturated rings. The molecule has 0 aliphatic carbocycles. The zero-order valence-corrected chi connectivity index (χ0v) is 17.8. The lowest BCUT2D eigenvalue weighted by Crippen LogP contribution is -2.27. The molecule has 0 saturated carbocycles. The van der Waals surface area contributed by atoms with Crippen LogP contribution in [0.5, 0.6) is 0 Å². The van der Waals surface area contributed by atoms with Gasteiger partial charge in [-0.1, -0.05) is 12.1 Å². The number of nitrogens with one attached hydrogen (secondary N) is 3. The lowest BCUT2D eigenvalue weighted by atomic mass is 10.2. The fourth-order valence-corrected chi connectivity index (χ4v) is 3.23. The second-order valence-corrected chi connectivity index (χ2v) is 7.19. The largest absolute Gasteiger partial charge is 0.354 e. The first-order valence-corrected chi connectivity index (χ1v) is 10.2. The van der Waals surface area contributed by atoms with Crippen molar-refractivity contribution in [1.29, 1.82) is 0 Å². The summed E-state index contributed by atoms with van der Waals surface area (Å²) in [4.78, 5) is 38.0. The Kier molecular flexibility index (Phi) is 6.07. The Morgan fingerprint density at radius 1 is 1.03 bits per heavy atom. The van der Waals surface area contributed by atoms with Crippen molar-refractivity contribution in [3.8, 4) is 0 Å². The van der Waals surface area contributed by atoms with E-state index in [1.807, 2.05) is 38.1 Å². The number of rotatable bonds is 7. The van der Waals surface area contributed by atoms with E-state index < -0.39 is 0 Å². The molecular formula is C23H23N7O2. The third kappa shape index (κ3) is 4.89. The van der Waals surface area contributed by atoms with Gasteiger partial charge in [0.05, 0.1) is 17.2 Å². The molecule has 2 aromatic carbocycles. The monoisotopic (exact) mass is 429 g/mol. The Bertz CT molecular complexity index is 1320. The predicted octanol–water partition coefficient (Wildman–Crippen LogP) is 3.31. The SMILES string of the molecule is CCNc1nc(C)cc(Nc2ccc(NC(=O)Cn3cnc4ccccc4c3=O)cc2)n1. The van der Waals surface area contributed by atoms with Crippen LogP contribution in [0.4, 0.5) is 23.1 Å². The van der Waals surface area contributed by atoms with Crippen LogP contribution in [0.2, 0.25) is 0 Å². The van der Waals surface area contributed by atoms with Crippen LogP contribution in [0.25, 0.3) is 10.9 Å². The first-order valence-electron chi connectivity index (χ1n) is 10.2. The standard InChI is InChI=1S/C23H23N7O2/c1-3-24-23-26-15(2)12-20(29-23)27-16-8-10-17(11-9-16)28-21(31)13-30-14-25-19-7-5-4-6-18(19)22(30)32/h4-12,14H,3,13H2,1-2H3,(H,28,31)(H2,24,26,27,29). The summed E-state index contributed by atoms with van der Waals surface area (Å²) in [6.45, 7) is 4.50. The highest BCUT2D eigenvalue weighted by molar-refractivity contribution is 5.91. The van der Waals surface area contributed by atoms with E-state index >= 15 is 0 Å². The molecule has 1 amide bonds. The van der Waals surface area contributed by atoms with Gasteiger partial charge in [-0.25, -0.2) is 9.97 Å². The van der Waals surface area contributed by atoms with Gasteiger partial charge >= 0.3 is 0 Å². The zero-order valence-electron chi connectivity index (χ0n) is 17.8. The first-order chi connectivity index (χ1) is 15.5. The number of amides is 1. The van der Waals surface area contributed by atoms with Crippen molar-refractivity contribution in [2.45, 2.75) is 20.4 Å². The molecule has 0 aliphatic rings. The molecule has 0 spiro atoms. The summed E-state index contributed by atoms with van der Waals surface area (Å²) in [5, 5.41) is 9.62. The van der Waals surface area contributed by atoms with Crippen molar-refractivity contribution in [3.63, 3.8) is 0 Å². The van der Waals surface area contributed by atoms with Gasteiger partial charge in [0.25, 0.3) is 5.56 Å². The molecule has 0 radical (unpaired) electrons. The summed E-state index contributed by atoms with van der Waals surface area (Å²) in [7, 11) is 0. The third-order valence-electron chi connectivity index (χ3n) is 4.68. The van der Waals surface area contributed by atoms with Crippen LogP contribution < -0.4 is 21.5 Å². The Morgan fingerprint density at radius 3 is 2.56 bits per heavy atom. The molecule has 9 nitrogen and oxygen atoms in total. The highest BCUT2D eigenvalue weighted by Crippen LogP contribution is 2.19. The average Bonchev–Trinajstić information content (AvgIpc) is 2.77. The number of fused-ring (bicyclic) bond motifs is 1. The Labute approximate surface area is 184 Å². The van der Waals surface area contributed by atoms with Gasteiger partial charge in [-0.2, -0.15) is 4.98 Å². The number of benzene rings is 2. The number of carbonyl (C=O) groups excluding carboxylic acids is 1. The topological polar surface area (TPSA) is 114 Å². The summed E-state index contributed by atoms with van der Waals surface area (Å²) in [5.41, 5.74) is 2.64. The third-order valence-corrected chi connectivity index (χ3v) is 4.68. The van der Waals surface area contributed by atoms with Crippen LogP contribution in [0.1, 0.15) is 12.6 Å². The summed E-state index contributed by atoms with van der Waals surface area (Å²) in [5.74, 6) is 0.928. The number of hydrogen-bond donors (Lipinski definition) is 3. The normalized spacial score (nSPS) is 10.7. The van der Waals surface area contributed by atoms with E-state index in [1.54, 1.807) is 30.3 Å². The second-order valence-electron chi connectivity index (χ2n) is 7.19. The minimum Gasteiger partial charge on any atom is -0.354 e. The summed E-state index contributed by atoms with van der Waals surface area (Å²) in [6.07, 6.45) is 1.39. The number of aromatic nitrogens is 4. The summed E-state index contributed by atoms with van der Waals surface area (Å²) >= 11 is 0. The molecule has 162 valence electrons. The van der Waals surface area contributed by atoms with Gasteiger partial charge in [0.15, 0.2) is 0 Å². The van der Waals surface area contributed by atoms with Crippen LogP contribution in [-0.2, 0) is 11.3 Å². The maximum Gasteiger partial charge on any atom is 0.261 e. The van der Waals surface area contributed by atoms with Crippen molar-refractivity contribution in [3.05, 3.63) is 77.0 Å². The van der Waals surface area contributed by atoms with E-state index in [1.165, 1.54) is 10.9 Å².